The van der Waals surface area contributed by atoms with Gasteiger partial charge in [-0.2, -0.15) is 0 Å². The molecule has 2 N–H and O–H groups in total. The van der Waals surface area contributed by atoms with E-state index in [1.807, 2.05) is 85.7 Å². The summed E-state index contributed by atoms with van der Waals surface area (Å²) < 4.78 is 22.0. The largest absolute Gasteiger partial charge is 0.494 e. The number of pyridine rings is 3. The molecule has 4 fully saturated rings. The highest BCUT2D eigenvalue weighted by molar-refractivity contribution is 9.10. The number of nitrogens with one attached hydrogen (secondary N) is 2. The zero-order chi connectivity index (χ0) is 58.0. The van der Waals surface area contributed by atoms with Gasteiger partial charge in [-0.3, -0.25) is 49.2 Å². The summed E-state index contributed by atoms with van der Waals surface area (Å²) in [5.41, 5.74) is 6.69. The van der Waals surface area contributed by atoms with E-state index in [9.17, 15) is 23.6 Å². The summed E-state index contributed by atoms with van der Waals surface area (Å²) in [5, 5.41) is 5.65. The molecular weight excluding hydrogens is 1180 g/mol. The second-order valence-corrected chi connectivity index (χ2v) is 22.4. The molecule has 19 heteroatoms. The first-order chi connectivity index (χ1) is 40.4. The van der Waals surface area contributed by atoms with Crippen LogP contribution in [0.1, 0.15) is 49.4 Å². The molecule has 4 saturated heterocycles. The lowest BCUT2D eigenvalue weighted by molar-refractivity contribution is -0.127. The number of benzene rings is 4. The molecule has 0 spiro atoms. The highest BCUT2D eigenvalue weighted by atomic mass is 79.9. The molecular formula is C64H66Br2FN11O5. The van der Waals surface area contributed by atoms with Crippen LogP contribution in [-0.4, -0.2) is 146 Å². The van der Waals surface area contributed by atoms with E-state index in [0.29, 0.717) is 16.7 Å². The van der Waals surface area contributed by atoms with E-state index in [-0.39, 0.29) is 30.8 Å². The van der Waals surface area contributed by atoms with Crippen LogP contribution in [0.3, 0.4) is 0 Å². The van der Waals surface area contributed by atoms with Gasteiger partial charge in [0.15, 0.2) is 11.6 Å². The Morgan fingerprint density at radius 2 is 1.08 bits per heavy atom. The smallest absolute Gasteiger partial charge is 0.257 e. The summed E-state index contributed by atoms with van der Waals surface area (Å²) in [4.78, 5) is 74.1. The van der Waals surface area contributed by atoms with Crippen LogP contribution in [0.25, 0.3) is 0 Å². The minimum Gasteiger partial charge on any atom is -0.494 e. The Balaban J connectivity index is 0.000000164. The molecule has 3 amide bonds. The average Bonchev–Trinajstić information content (AvgIpc) is 4.10. The molecule has 0 saturated carbocycles. The van der Waals surface area contributed by atoms with Crippen LogP contribution in [-0.2, 0) is 29.2 Å². The van der Waals surface area contributed by atoms with E-state index in [0.717, 1.165) is 112 Å². The van der Waals surface area contributed by atoms with E-state index in [1.165, 1.54) is 40.7 Å². The Morgan fingerprint density at radius 3 is 1.54 bits per heavy atom. The maximum absolute atomic E-state index is 14.8. The van der Waals surface area contributed by atoms with E-state index in [2.05, 4.69) is 142 Å². The van der Waals surface area contributed by atoms with Crippen molar-refractivity contribution in [3.8, 4) is 17.6 Å². The molecule has 5 aliphatic rings. The minimum absolute atomic E-state index is 0.0251. The van der Waals surface area contributed by atoms with E-state index in [1.54, 1.807) is 18.2 Å². The Morgan fingerprint density at radius 1 is 0.614 bits per heavy atom. The van der Waals surface area contributed by atoms with Gasteiger partial charge >= 0.3 is 0 Å². The number of piperazine rings is 3. The number of carbonyl (C=O) groups excluding carboxylic acids is 4. The first-order valence-corrected chi connectivity index (χ1v) is 29.2. The predicted molar refractivity (Wildman–Crippen MR) is 328 cm³/mol. The van der Waals surface area contributed by atoms with Crippen LogP contribution in [0.2, 0.25) is 0 Å². The second kappa shape index (κ2) is 29.4. The molecule has 4 aromatic carbocycles. The van der Waals surface area contributed by atoms with Crippen molar-refractivity contribution in [1.29, 1.82) is 0 Å². The van der Waals surface area contributed by atoms with Crippen molar-refractivity contribution < 1.29 is 28.3 Å². The number of aldehydes is 1. The van der Waals surface area contributed by atoms with Gasteiger partial charge in [0.05, 0.1) is 19.1 Å². The third kappa shape index (κ3) is 16.5. The molecule has 0 radical (unpaired) electrons. The molecule has 428 valence electrons. The van der Waals surface area contributed by atoms with Gasteiger partial charge in [-0.05, 0) is 95.6 Å². The zero-order valence-electron chi connectivity index (χ0n) is 46.3. The highest BCUT2D eigenvalue weighted by Gasteiger charge is 2.49. The summed E-state index contributed by atoms with van der Waals surface area (Å²) in [6, 6.07) is 39.1. The van der Waals surface area contributed by atoms with Crippen LogP contribution in [0, 0.1) is 23.1 Å². The number of aromatic nitrogens is 3. The van der Waals surface area contributed by atoms with Gasteiger partial charge in [0.2, 0.25) is 11.8 Å². The Bertz CT molecular complexity index is 3320. The third-order valence-corrected chi connectivity index (χ3v) is 16.0. The standard InChI is InChI=1S/C32H30FN5O4.C16H18BrN3.C9H13N3.C7H5BrO/c1-42-26-7-6-24-20-38(30(40)28(24)29(26)33)21-32(18-27(39)35-31(32)41)11-8-22-2-4-23(5-3-22)19-36-14-16-37(17-15-36)25-9-12-34-13-10-25;17-15-3-1-14(2-4-15)13-19-9-11-20(12-10-19)16-5-7-18-8-6-16;1-3-10-4-2-9(1)12-7-5-11-6-8-12;8-7-3-1-6(5-9)2-4-7/h2-7,9-10,12-13H,14-21H2,1H3,(H,35,39,41);1-8H,9-13H2;1-4,11H,5-8H2;1-5H/t32-;;;/m1.../s1. The van der Waals surface area contributed by atoms with E-state index < -0.39 is 29.0 Å². The molecule has 1 atom stereocenters. The van der Waals surface area contributed by atoms with Gasteiger partial charge in [0.1, 0.15) is 11.7 Å². The SMILES string of the molecule is Brc1ccc(CN2CCN(c3ccncc3)CC2)cc1.COc1ccc2c(c1F)C(=O)N(C[C@@]1(C#Cc3ccc(CN4CCN(c5ccncc5)CC4)cc3)CC(=O)NC1=O)C2.O=Cc1ccc(Br)cc1.c1cc(N2CCNCC2)ccn1. The molecule has 3 aromatic heterocycles. The molecule has 8 heterocycles. The van der Waals surface area contributed by atoms with Gasteiger partial charge < -0.3 is 29.7 Å². The van der Waals surface area contributed by atoms with Gasteiger partial charge in [0, 0.05) is 179 Å². The topological polar surface area (TPSA) is 160 Å². The maximum Gasteiger partial charge on any atom is 0.257 e. The third-order valence-electron chi connectivity index (χ3n) is 15.0. The van der Waals surface area contributed by atoms with Gasteiger partial charge in [-0.1, -0.05) is 86.2 Å². The number of carbonyl (C=O) groups is 4. The number of imide groups is 1. The number of anilines is 3. The summed E-state index contributed by atoms with van der Waals surface area (Å²) in [6.07, 6.45) is 11.7. The minimum atomic E-state index is -1.43. The van der Waals surface area contributed by atoms with Crippen molar-refractivity contribution in [1.82, 2.24) is 40.3 Å². The normalized spacial score (nSPS) is 17.8. The van der Waals surface area contributed by atoms with E-state index >= 15 is 0 Å². The lowest BCUT2D eigenvalue weighted by Gasteiger charge is -2.36. The molecule has 83 heavy (non-hydrogen) atoms. The summed E-state index contributed by atoms with van der Waals surface area (Å²) in [7, 11) is 1.33. The van der Waals surface area contributed by atoms with Gasteiger partial charge in [-0.15, -0.1) is 0 Å². The van der Waals surface area contributed by atoms with Crippen LogP contribution in [0.5, 0.6) is 5.75 Å². The van der Waals surface area contributed by atoms with Crippen molar-refractivity contribution in [2.24, 2.45) is 5.41 Å². The van der Waals surface area contributed by atoms with Crippen LogP contribution in [0.4, 0.5) is 21.5 Å². The van der Waals surface area contributed by atoms with Crippen molar-refractivity contribution in [2.45, 2.75) is 26.1 Å². The fourth-order valence-corrected chi connectivity index (χ4v) is 10.9. The molecule has 0 bridgehead atoms. The first-order valence-electron chi connectivity index (χ1n) is 27.6. The highest BCUT2D eigenvalue weighted by Crippen LogP contribution is 2.36. The number of hydrogen-bond donors (Lipinski definition) is 2. The number of nitrogens with zero attached hydrogens (tertiary/aromatic N) is 9. The Hall–Kier alpha value is -7.86. The average molecular weight is 1250 g/mol. The maximum atomic E-state index is 14.8. The number of methoxy groups -OCH3 is 1. The van der Waals surface area contributed by atoms with Crippen molar-refractivity contribution in [2.75, 3.05) is 107 Å². The van der Waals surface area contributed by atoms with Crippen molar-refractivity contribution in [3.63, 3.8) is 0 Å². The summed E-state index contributed by atoms with van der Waals surface area (Å²) in [6.45, 7) is 14.4. The molecule has 16 nitrogen and oxygen atoms in total. The fraction of sp³-hybridized carbons (Fsp3) is 0.297. The number of hydrogen-bond acceptors (Lipinski definition) is 14. The predicted octanol–water partition coefficient (Wildman–Crippen LogP) is 8.51. The molecule has 0 aliphatic carbocycles. The summed E-state index contributed by atoms with van der Waals surface area (Å²) >= 11 is 6.74. The van der Waals surface area contributed by atoms with E-state index in [4.69, 9.17) is 4.74 Å². The van der Waals surface area contributed by atoms with Crippen molar-refractivity contribution in [3.05, 3.63) is 207 Å². The van der Waals surface area contributed by atoms with Gasteiger partial charge in [0.25, 0.3) is 5.91 Å². The quantitative estimate of drug-likeness (QED) is 0.0721. The fourth-order valence-electron chi connectivity index (χ4n) is 10.4. The Kier molecular flexibility index (Phi) is 21.2. The number of halogens is 3. The van der Waals surface area contributed by atoms with Crippen LogP contribution < -0.4 is 30.1 Å². The monoisotopic (exact) mass is 1250 g/mol. The number of ether oxygens (including phenoxy) is 1. The number of rotatable bonds is 11. The second-order valence-electron chi connectivity index (χ2n) is 20.5. The van der Waals surface area contributed by atoms with Crippen molar-refractivity contribution >= 4 is 72.9 Å². The molecule has 12 rings (SSSR count). The molecule has 0 unspecified atom stereocenters. The number of amides is 3. The first kappa shape index (κ1) is 59.8. The zero-order valence-corrected chi connectivity index (χ0v) is 49.5. The van der Waals surface area contributed by atoms with Crippen LogP contribution >= 0.6 is 31.9 Å². The summed E-state index contributed by atoms with van der Waals surface area (Å²) in [5.74, 6) is 3.75. The lowest BCUT2D eigenvalue weighted by atomic mass is 9.85. The molecule has 7 aromatic rings. The van der Waals surface area contributed by atoms with Crippen LogP contribution in [0.15, 0.2) is 167 Å². The Labute approximate surface area is 501 Å². The molecule has 5 aliphatic heterocycles. The number of fused-ring (bicyclic) bond motifs is 1. The lowest BCUT2D eigenvalue weighted by Crippen LogP contribution is -2.45. The van der Waals surface area contributed by atoms with Gasteiger partial charge in [-0.25, -0.2) is 4.39 Å².